The second-order valence-electron chi connectivity index (χ2n) is 3.51. The fourth-order valence-corrected chi connectivity index (χ4v) is 1.87. The van der Waals surface area contributed by atoms with E-state index in [-0.39, 0.29) is 21.4 Å². The lowest BCUT2D eigenvalue weighted by atomic mass is 10.2. The minimum Gasteiger partial charge on any atom is -0.494 e. The number of nitrogens with one attached hydrogen (secondary N) is 1. The van der Waals surface area contributed by atoms with Crippen LogP contribution in [0.4, 0.5) is 0 Å². The quantitative estimate of drug-likeness (QED) is 0.892. The summed E-state index contributed by atoms with van der Waals surface area (Å²) in [4.78, 5) is 22.3. The molecule has 1 aromatic carbocycles. The normalized spacial score (nSPS) is 11.8. The second-order valence-corrected chi connectivity index (χ2v) is 4.32. The zero-order chi connectivity index (χ0) is 13.9. The van der Waals surface area contributed by atoms with Gasteiger partial charge < -0.3 is 15.2 Å². The molecule has 1 unspecified atom stereocenters. The fraction of sp³-hybridized carbons (Fsp3) is 0.273. The highest BCUT2D eigenvalue weighted by atomic mass is 35.5. The van der Waals surface area contributed by atoms with Crippen molar-refractivity contribution in [3.63, 3.8) is 0 Å². The van der Waals surface area contributed by atoms with E-state index in [0.717, 1.165) is 0 Å². The molecule has 1 aromatic rings. The van der Waals surface area contributed by atoms with E-state index in [0.29, 0.717) is 0 Å². The number of hydrogen-bond donors (Lipinski definition) is 2. The summed E-state index contributed by atoms with van der Waals surface area (Å²) < 4.78 is 4.94. The van der Waals surface area contributed by atoms with Gasteiger partial charge in [0.1, 0.15) is 6.04 Å². The zero-order valence-electron chi connectivity index (χ0n) is 9.66. The number of carbonyl (C=O) groups is 2. The number of carbonyl (C=O) groups excluding carboxylic acids is 1. The molecule has 7 heteroatoms. The molecule has 0 saturated carbocycles. The first-order valence-corrected chi connectivity index (χ1v) is 5.69. The van der Waals surface area contributed by atoms with Crippen LogP contribution in [0.25, 0.3) is 0 Å². The van der Waals surface area contributed by atoms with Gasteiger partial charge in [-0.3, -0.25) is 9.59 Å². The van der Waals surface area contributed by atoms with E-state index < -0.39 is 17.9 Å². The van der Waals surface area contributed by atoms with Crippen LogP contribution in [0.3, 0.4) is 0 Å². The van der Waals surface area contributed by atoms with Gasteiger partial charge in [-0.2, -0.15) is 0 Å². The predicted molar refractivity (Wildman–Crippen MR) is 67.6 cm³/mol. The van der Waals surface area contributed by atoms with Gasteiger partial charge in [-0.25, -0.2) is 0 Å². The molecule has 1 rings (SSSR count). The molecule has 0 aliphatic heterocycles. The summed E-state index contributed by atoms with van der Waals surface area (Å²) in [7, 11) is 1.40. The third-order valence-corrected chi connectivity index (χ3v) is 2.74. The number of ether oxygens (including phenoxy) is 1. The van der Waals surface area contributed by atoms with Crippen molar-refractivity contribution in [1.82, 2.24) is 5.32 Å². The largest absolute Gasteiger partial charge is 0.494 e. The summed E-state index contributed by atoms with van der Waals surface area (Å²) in [6.45, 7) is 1.35. The summed E-state index contributed by atoms with van der Waals surface area (Å²) in [5.41, 5.74) is 0.166. The maximum absolute atomic E-state index is 11.7. The molecule has 18 heavy (non-hydrogen) atoms. The molecule has 0 aromatic heterocycles. The van der Waals surface area contributed by atoms with Crippen LogP contribution < -0.4 is 10.1 Å². The Kier molecular flexibility index (Phi) is 4.81. The van der Waals surface area contributed by atoms with Gasteiger partial charge >= 0.3 is 5.97 Å². The SMILES string of the molecule is COc1c(Cl)cc(C(=O)NC(C)C(=O)O)cc1Cl. The number of methoxy groups -OCH3 is 1. The van der Waals surface area contributed by atoms with E-state index >= 15 is 0 Å². The topological polar surface area (TPSA) is 75.6 Å². The Morgan fingerprint density at radius 1 is 1.33 bits per heavy atom. The molecule has 1 atom stereocenters. The standard InChI is InChI=1S/C11H11Cl2NO4/c1-5(11(16)17)14-10(15)6-3-7(12)9(18-2)8(13)4-6/h3-5H,1-2H3,(H,14,15)(H,16,17). The van der Waals surface area contributed by atoms with Gasteiger partial charge in [-0.05, 0) is 19.1 Å². The minimum atomic E-state index is -1.13. The minimum absolute atomic E-state index is 0.166. The first-order chi connectivity index (χ1) is 8.36. The van der Waals surface area contributed by atoms with Crippen LogP contribution >= 0.6 is 23.2 Å². The maximum Gasteiger partial charge on any atom is 0.325 e. The van der Waals surface area contributed by atoms with Crippen molar-refractivity contribution in [1.29, 1.82) is 0 Å². The lowest BCUT2D eigenvalue weighted by Crippen LogP contribution is -2.38. The highest BCUT2D eigenvalue weighted by molar-refractivity contribution is 6.37. The monoisotopic (exact) mass is 291 g/mol. The Morgan fingerprint density at radius 2 is 1.83 bits per heavy atom. The van der Waals surface area contributed by atoms with E-state index in [1.54, 1.807) is 0 Å². The van der Waals surface area contributed by atoms with Crippen molar-refractivity contribution in [2.75, 3.05) is 7.11 Å². The van der Waals surface area contributed by atoms with E-state index in [1.165, 1.54) is 26.2 Å². The van der Waals surface area contributed by atoms with Crippen molar-refractivity contribution in [3.05, 3.63) is 27.7 Å². The number of amides is 1. The van der Waals surface area contributed by atoms with Gasteiger partial charge in [0.2, 0.25) is 0 Å². The number of carboxylic acid groups (broad SMARTS) is 1. The first kappa shape index (κ1) is 14.6. The number of hydrogen-bond acceptors (Lipinski definition) is 3. The van der Waals surface area contributed by atoms with Crippen LogP contribution in [0.15, 0.2) is 12.1 Å². The molecule has 0 radical (unpaired) electrons. The summed E-state index contributed by atoms with van der Waals surface area (Å²) in [6.07, 6.45) is 0. The Morgan fingerprint density at radius 3 is 2.22 bits per heavy atom. The Hall–Kier alpha value is -1.46. The Labute approximate surface area is 114 Å². The molecule has 0 bridgehead atoms. The molecule has 0 aliphatic rings. The van der Waals surface area contributed by atoms with Crippen molar-refractivity contribution < 1.29 is 19.4 Å². The molecule has 98 valence electrons. The molecule has 2 N–H and O–H groups in total. The van der Waals surface area contributed by atoms with Crippen LogP contribution in [0, 0.1) is 0 Å². The van der Waals surface area contributed by atoms with Gasteiger partial charge in [0.05, 0.1) is 17.2 Å². The van der Waals surface area contributed by atoms with Crippen LogP contribution in [0.1, 0.15) is 17.3 Å². The van der Waals surface area contributed by atoms with Crippen molar-refractivity contribution >= 4 is 35.1 Å². The van der Waals surface area contributed by atoms with Gasteiger partial charge in [-0.1, -0.05) is 23.2 Å². The molecule has 0 spiro atoms. The average Bonchev–Trinajstić information content (AvgIpc) is 2.28. The number of rotatable bonds is 4. The zero-order valence-corrected chi connectivity index (χ0v) is 11.2. The van der Waals surface area contributed by atoms with Crippen LogP contribution in [-0.2, 0) is 4.79 Å². The van der Waals surface area contributed by atoms with Crippen LogP contribution in [0.5, 0.6) is 5.75 Å². The van der Waals surface area contributed by atoms with E-state index in [2.05, 4.69) is 5.32 Å². The third kappa shape index (κ3) is 3.27. The highest BCUT2D eigenvalue weighted by Gasteiger charge is 2.17. The van der Waals surface area contributed by atoms with Crippen LogP contribution in [-0.4, -0.2) is 30.1 Å². The molecule has 0 saturated heterocycles. The summed E-state index contributed by atoms with van der Waals surface area (Å²) in [6, 6.07) is 1.71. The number of aliphatic carboxylic acids is 1. The maximum atomic E-state index is 11.7. The smallest absolute Gasteiger partial charge is 0.325 e. The summed E-state index contributed by atoms with van der Waals surface area (Å²) in [5, 5.41) is 11.3. The molecule has 5 nitrogen and oxygen atoms in total. The predicted octanol–water partition coefficient (Wildman–Crippen LogP) is 2.20. The Bertz CT molecular complexity index is 467. The highest BCUT2D eigenvalue weighted by Crippen LogP contribution is 2.33. The molecule has 0 aliphatic carbocycles. The van der Waals surface area contributed by atoms with Gasteiger partial charge in [0, 0.05) is 5.56 Å². The van der Waals surface area contributed by atoms with Gasteiger partial charge in [0.25, 0.3) is 5.91 Å². The van der Waals surface area contributed by atoms with E-state index in [4.69, 9.17) is 33.0 Å². The molecular formula is C11H11Cl2NO4. The number of carboxylic acids is 1. The molecule has 1 amide bonds. The van der Waals surface area contributed by atoms with Crippen molar-refractivity contribution in [2.24, 2.45) is 0 Å². The molecule has 0 fully saturated rings. The average molecular weight is 292 g/mol. The first-order valence-electron chi connectivity index (χ1n) is 4.93. The number of halogens is 2. The fourth-order valence-electron chi connectivity index (χ4n) is 1.23. The van der Waals surface area contributed by atoms with E-state index in [1.807, 2.05) is 0 Å². The molecular weight excluding hydrogens is 281 g/mol. The number of benzene rings is 1. The van der Waals surface area contributed by atoms with E-state index in [9.17, 15) is 9.59 Å². The van der Waals surface area contributed by atoms with Gasteiger partial charge in [0.15, 0.2) is 5.75 Å². The second kappa shape index (κ2) is 5.93. The van der Waals surface area contributed by atoms with Crippen molar-refractivity contribution in [3.8, 4) is 5.75 Å². The Balaban J connectivity index is 2.97. The molecule has 0 heterocycles. The van der Waals surface area contributed by atoms with Gasteiger partial charge in [-0.15, -0.1) is 0 Å². The van der Waals surface area contributed by atoms with Crippen LogP contribution in [0.2, 0.25) is 10.0 Å². The summed E-state index contributed by atoms with van der Waals surface area (Å²) >= 11 is 11.7. The third-order valence-electron chi connectivity index (χ3n) is 2.18. The lowest BCUT2D eigenvalue weighted by molar-refractivity contribution is -0.138. The lowest BCUT2D eigenvalue weighted by Gasteiger charge is -2.11. The van der Waals surface area contributed by atoms with Crippen molar-refractivity contribution in [2.45, 2.75) is 13.0 Å². The summed E-state index contributed by atoms with van der Waals surface area (Å²) in [5.74, 6) is -1.44.